The molecule has 9 heteroatoms. The quantitative estimate of drug-likeness (QED) is 0.307. The number of aromatic carboxylic acids is 1. The SMILES string of the molecule is CC(C)(C)OC(=O)N1CC2C1CN2c1ccc(-c2cnc3c(-c4cccc5c(C(=O)O)cccc45)cnn3c2)cc1. The van der Waals surface area contributed by atoms with Crippen molar-refractivity contribution >= 4 is 34.2 Å². The number of carboxylic acid groups (broad SMARTS) is 1. The van der Waals surface area contributed by atoms with E-state index in [2.05, 4.69) is 34.3 Å². The average molecular weight is 548 g/mol. The average Bonchev–Trinajstić information content (AvgIpc) is 3.35. The van der Waals surface area contributed by atoms with E-state index in [0.717, 1.165) is 39.9 Å². The van der Waals surface area contributed by atoms with Crippen LogP contribution in [-0.4, -0.2) is 67.4 Å². The Balaban J connectivity index is 1.10. The number of aromatic nitrogens is 3. The van der Waals surface area contributed by atoms with Crippen LogP contribution in [0.5, 0.6) is 0 Å². The molecular weight excluding hydrogens is 518 g/mol. The lowest BCUT2D eigenvalue weighted by Gasteiger charge is -2.62. The third-order valence-corrected chi connectivity index (χ3v) is 7.97. The zero-order chi connectivity index (χ0) is 28.5. The van der Waals surface area contributed by atoms with Gasteiger partial charge in [0.05, 0.1) is 23.8 Å². The number of carboxylic acids is 1. The first-order valence-electron chi connectivity index (χ1n) is 13.6. The van der Waals surface area contributed by atoms with Crippen LogP contribution in [0.3, 0.4) is 0 Å². The summed E-state index contributed by atoms with van der Waals surface area (Å²) in [6.45, 7) is 7.14. The van der Waals surface area contributed by atoms with E-state index in [4.69, 9.17) is 9.72 Å². The van der Waals surface area contributed by atoms with E-state index < -0.39 is 11.6 Å². The van der Waals surface area contributed by atoms with Gasteiger partial charge in [-0.3, -0.25) is 4.90 Å². The smallest absolute Gasteiger partial charge is 0.410 e. The number of carbonyl (C=O) groups is 2. The lowest BCUT2D eigenvalue weighted by atomic mass is 9.85. The molecule has 2 aliphatic heterocycles. The molecule has 206 valence electrons. The van der Waals surface area contributed by atoms with Crippen LogP contribution in [0, 0.1) is 0 Å². The Hall–Kier alpha value is -4.92. The number of likely N-dealkylation sites (tertiary alicyclic amines) is 1. The number of ether oxygens (including phenoxy) is 1. The fourth-order valence-corrected chi connectivity index (χ4v) is 5.87. The molecule has 0 saturated carbocycles. The largest absolute Gasteiger partial charge is 0.478 e. The number of fused-ring (bicyclic) bond motifs is 3. The highest BCUT2D eigenvalue weighted by Gasteiger charge is 2.54. The maximum absolute atomic E-state index is 12.4. The summed E-state index contributed by atoms with van der Waals surface area (Å²) < 4.78 is 7.29. The molecule has 1 N–H and O–H groups in total. The normalized spacial score (nSPS) is 18.1. The molecular formula is C32H29N5O4. The topological polar surface area (TPSA) is 100 Å². The molecule has 2 unspecified atom stereocenters. The van der Waals surface area contributed by atoms with Gasteiger partial charge < -0.3 is 14.7 Å². The minimum absolute atomic E-state index is 0.211. The maximum atomic E-state index is 12.4. The summed E-state index contributed by atoms with van der Waals surface area (Å²) in [7, 11) is 0. The summed E-state index contributed by atoms with van der Waals surface area (Å²) in [6, 6.07) is 19.9. The van der Waals surface area contributed by atoms with Crippen molar-refractivity contribution in [3.8, 4) is 22.3 Å². The Morgan fingerprint density at radius 1 is 0.878 bits per heavy atom. The summed E-state index contributed by atoms with van der Waals surface area (Å²) in [5.41, 5.74) is 5.30. The molecule has 1 amide bonds. The second-order valence-electron chi connectivity index (χ2n) is 11.6. The first-order valence-corrected chi connectivity index (χ1v) is 13.6. The summed E-state index contributed by atoms with van der Waals surface area (Å²) in [6.07, 6.45) is 5.34. The van der Waals surface area contributed by atoms with E-state index in [-0.39, 0.29) is 17.7 Å². The minimum Gasteiger partial charge on any atom is -0.478 e. The molecule has 0 spiro atoms. The summed E-state index contributed by atoms with van der Waals surface area (Å²) >= 11 is 0. The fraction of sp³-hybridized carbons (Fsp3) is 0.250. The van der Waals surface area contributed by atoms with Crippen LogP contribution < -0.4 is 4.90 Å². The number of hydrogen-bond acceptors (Lipinski definition) is 6. The third-order valence-electron chi connectivity index (χ3n) is 7.97. The number of amides is 1. The molecule has 41 heavy (non-hydrogen) atoms. The van der Waals surface area contributed by atoms with Crippen LogP contribution in [-0.2, 0) is 4.74 Å². The third kappa shape index (κ3) is 4.16. The highest BCUT2D eigenvalue weighted by atomic mass is 16.6. The number of hydrogen-bond donors (Lipinski definition) is 1. The van der Waals surface area contributed by atoms with Gasteiger partial charge in [-0.2, -0.15) is 5.10 Å². The molecule has 5 aromatic rings. The van der Waals surface area contributed by atoms with Gasteiger partial charge in [0, 0.05) is 42.3 Å². The summed E-state index contributed by atoms with van der Waals surface area (Å²) in [4.78, 5) is 33.0. The molecule has 0 radical (unpaired) electrons. The maximum Gasteiger partial charge on any atom is 0.410 e. The Morgan fingerprint density at radius 2 is 1.63 bits per heavy atom. The molecule has 3 aromatic carbocycles. The van der Waals surface area contributed by atoms with Crippen molar-refractivity contribution in [2.24, 2.45) is 0 Å². The molecule has 2 saturated heterocycles. The molecule has 0 aliphatic carbocycles. The minimum atomic E-state index is -0.953. The first kappa shape index (κ1) is 25.1. The Bertz CT molecular complexity index is 1840. The van der Waals surface area contributed by atoms with Crippen molar-refractivity contribution in [2.45, 2.75) is 38.5 Å². The van der Waals surface area contributed by atoms with Gasteiger partial charge in [-0.15, -0.1) is 0 Å². The zero-order valence-corrected chi connectivity index (χ0v) is 23.0. The predicted molar refractivity (Wildman–Crippen MR) is 156 cm³/mol. The molecule has 9 nitrogen and oxygen atoms in total. The molecule has 2 aromatic heterocycles. The van der Waals surface area contributed by atoms with Crippen molar-refractivity contribution in [3.63, 3.8) is 0 Å². The van der Waals surface area contributed by atoms with E-state index in [1.165, 1.54) is 0 Å². The Morgan fingerprint density at radius 3 is 2.34 bits per heavy atom. The van der Waals surface area contributed by atoms with Gasteiger partial charge in [0.25, 0.3) is 0 Å². The van der Waals surface area contributed by atoms with Crippen molar-refractivity contribution in [2.75, 3.05) is 18.0 Å². The number of carbonyl (C=O) groups excluding carboxylic acids is 1. The highest BCUT2D eigenvalue weighted by molar-refractivity contribution is 6.09. The van der Waals surface area contributed by atoms with Crippen molar-refractivity contribution in [1.29, 1.82) is 0 Å². The molecule has 0 bridgehead atoms. The highest BCUT2D eigenvalue weighted by Crippen LogP contribution is 2.39. The Kier molecular flexibility index (Phi) is 5.54. The van der Waals surface area contributed by atoms with Crippen LogP contribution in [0.4, 0.5) is 10.5 Å². The van der Waals surface area contributed by atoms with Gasteiger partial charge in [-0.25, -0.2) is 19.1 Å². The van der Waals surface area contributed by atoms with Gasteiger partial charge in [0.1, 0.15) is 5.60 Å². The molecule has 2 aliphatic rings. The van der Waals surface area contributed by atoms with Crippen LogP contribution >= 0.6 is 0 Å². The number of piperazine rings is 1. The summed E-state index contributed by atoms with van der Waals surface area (Å²) in [5.74, 6) is -0.953. The van der Waals surface area contributed by atoms with Crippen molar-refractivity contribution in [1.82, 2.24) is 19.5 Å². The standard InChI is InChI=1S/C32H29N5O4/c1-32(2,3)41-31(40)36-18-27-28(36)17-35(27)21-12-10-19(11-13-21)20-14-33-29-26(15-34-37(29)16-20)24-8-4-7-23-22(24)6-5-9-25(23)30(38)39/h4-16,27-28H,17-18H2,1-3H3,(H,38,39). The number of nitrogens with zero attached hydrogens (tertiary/aromatic N) is 5. The fourth-order valence-electron chi connectivity index (χ4n) is 5.87. The van der Waals surface area contributed by atoms with Crippen LogP contribution in [0.2, 0.25) is 0 Å². The Labute approximate surface area is 236 Å². The number of anilines is 1. The van der Waals surface area contributed by atoms with Crippen LogP contribution in [0.15, 0.2) is 79.3 Å². The second-order valence-corrected chi connectivity index (χ2v) is 11.6. The zero-order valence-electron chi connectivity index (χ0n) is 23.0. The van der Waals surface area contributed by atoms with E-state index in [1.807, 2.05) is 62.3 Å². The van der Waals surface area contributed by atoms with E-state index >= 15 is 0 Å². The molecule has 4 heterocycles. The lowest BCUT2D eigenvalue weighted by molar-refractivity contribution is -0.0310. The molecule has 7 rings (SSSR count). The predicted octanol–water partition coefficient (Wildman–Crippen LogP) is 5.72. The molecule has 2 atom stereocenters. The van der Waals surface area contributed by atoms with Gasteiger partial charge >= 0.3 is 12.1 Å². The van der Waals surface area contributed by atoms with Crippen LogP contribution in [0.25, 0.3) is 38.7 Å². The number of benzene rings is 3. The van der Waals surface area contributed by atoms with E-state index in [9.17, 15) is 14.7 Å². The second kappa shape index (κ2) is 9.05. The first-order chi connectivity index (χ1) is 19.7. The van der Waals surface area contributed by atoms with Gasteiger partial charge in [0.2, 0.25) is 0 Å². The van der Waals surface area contributed by atoms with E-state index in [0.29, 0.717) is 23.6 Å². The van der Waals surface area contributed by atoms with Gasteiger partial charge in [-0.1, -0.05) is 42.5 Å². The monoisotopic (exact) mass is 547 g/mol. The lowest BCUT2D eigenvalue weighted by Crippen LogP contribution is -2.80. The van der Waals surface area contributed by atoms with Gasteiger partial charge in [-0.05, 0) is 60.9 Å². The van der Waals surface area contributed by atoms with Crippen molar-refractivity contribution in [3.05, 3.63) is 84.8 Å². The van der Waals surface area contributed by atoms with Crippen molar-refractivity contribution < 1.29 is 19.4 Å². The van der Waals surface area contributed by atoms with E-state index in [1.54, 1.807) is 22.8 Å². The van der Waals surface area contributed by atoms with Gasteiger partial charge in [0.15, 0.2) is 5.65 Å². The molecule has 2 fully saturated rings. The summed E-state index contributed by atoms with van der Waals surface area (Å²) in [5, 5.41) is 15.7. The van der Waals surface area contributed by atoms with Crippen LogP contribution in [0.1, 0.15) is 31.1 Å². The number of rotatable bonds is 4.